The molecule has 3 heterocycles. The number of hydrogen-bond acceptors (Lipinski definition) is 5. The lowest BCUT2D eigenvalue weighted by molar-refractivity contribution is -0.134. The van der Waals surface area contributed by atoms with Gasteiger partial charge < -0.3 is 19.1 Å². The molecule has 0 spiro atoms. The van der Waals surface area contributed by atoms with Crippen LogP contribution in [-0.2, 0) is 17.9 Å². The first-order valence-electron chi connectivity index (χ1n) is 9.37. The predicted molar refractivity (Wildman–Crippen MR) is 96.8 cm³/mol. The Bertz CT molecular complexity index is 799. The van der Waals surface area contributed by atoms with E-state index in [0.29, 0.717) is 31.3 Å². The lowest BCUT2D eigenvalue weighted by Gasteiger charge is -2.31. The third-order valence-corrected chi connectivity index (χ3v) is 5.39. The molecule has 1 aromatic heterocycles. The van der Waals surface area contributed by atoms with Gasteiger partial charge in [-0.15, -0.1) is 10.2 Å². The van der Waals surface area contributed by atoms with E-state index >= 15 is 0 Å². The number of carbonyl (C=O) groups excluding carboxylic acids is 1. The molecule has 2 aromatic rings. The van der Waals surface area contributed by atoms with Gasteiger partial charge in [0.15, 0.2) is 12.4 Å². The van der Waals surface area contributed by atoms with Crippen molar-refractivity contribution in [1.82, 2.24) is 24.6 Å². The Hall–Kier alpha value is -2.48. The van der Waals surface area contributed by atoms with Crippen LogP contribution in [0.2, 0.25) is 0 Å². The Balaban J connectivity index is 1.35. The highest BCUT2D eigenvalue weighted by Crippen LogP contribution is 2.28. The zero-order chi connectivity index (χ0) is 18.8. The van der Waals surface area contributed by atoms with E-state index in [1.165, 1.54) is 24.3 Å². The number of hydrogen-bond donors (Lipinski definition) is 0. The van der Waals surface area contributed by atoms with Crippen molar-refractivity contribution < 1.29 is 13.9 Å². The number of carbonyl (C=O) groups is 1. The molecule has 1 amide bonds. The number of rotatable bonds is 4. The van der Waals surface area contributed by atoms with Gasteiger partial charge in [0.1, 0.15) is 17.4 Å². The zero-order valence-corrected chi connectivity index (χ0v) is 15.5. The minimum Gasteiger partial charge on any atom is -0.484 e. The highest BCUT2D eigenvalue weighted by atomic mass is 19.1. The topological polar surface area (TPSA) is 63.5 Å². The summed E-state index contributed by atoms with van der Waals surface area (Å²) in [6.45, 7) is 3.88. The quantitative estimate of drug-likeness (QED) is 0.815. The summed E-state index contributed by atoms with van der Waals surface area (Å²) in [5.41, 5.74) is 0. The van der Waals surface area contributed by atoms with Crippen LogP contribution in [-0.4, -0.2) is 63.8 Å². The molecule has 0 aliphatic carbocycles. The number of ether oxygens (including phenoxy) is 1. The van der Waals surface area contributed by atoms with Gasteiger partial charge in [-0.05, 0) is 57.2 Å². The molecule has 4 rings (SSSR count). The fraction of sp³-hybridized carbons (Fsp3) is 0.526. The summed E-state index contributed by atoms with van der Waals surface area (Å²) in [5, 5.41) is 8.77. The minimum absolute atomic E-state index is 0.0679. The summed E-state index contributed by atoms with van der Waals surface area (Å²) < 4.78 is 20.6. The first-order valence-corrected chi connectivity index (χ1v) is 9.37. The van der Waals surface area contributed by atoms with Crippen molar-refractivity contribution in [3.63, 3.8) is 0 Å². The van der Waals surface area contributed by atoms with Gasteiger partial charge in [0.25, 0.3) is 5.91 Å². The van der Waals surface area contributed by atoms with Gasteiger partial charge in [-0.25, -0.2) is 4.39 Å². The lowest BCUT2D eigenvalue weighted by atomic mass is 9.96. The van der Waals surface area contributed by atoms with Gasteiger partial charge >= 0.3 is 0 Å². The third-order valence-electron chi connectivity index (χ3n) is 5.39. The highest BCUT2D eigenvalue weighted by Gasteiger charge is 2.29. The summed E-state index contributed by atoms with van der Waals surface area (Å²) in [4.78, 5) is 16.5. The maximum Gasteiger partial charge on any atom is 0.260 e. The van der Waals surface area contributed by atoms with Crippen LogP contribution in [0, 0.1) is 5.82 Å². The normalized spacial score (nSPS) is 18.4. The molecule has 2 aliphatic rings. The van der Waals surface area contributed by atoms with Gasteiger partial charge in [-0.2, -0.15) is 0 Å². The molecule has 1 fully saturated rings. The molecule has 2 aliphatic heterocycles. The molecular formula is C19H24FN5O2. The molecule has 8 heteroatoms. The maximum atomic E-state index is 12.9. The van der Waals surface area contributed by atoms with Gasteiger partial charge in [0.05, 0.1) is 6.54 Å². The van der Waals surface area contributed by atoms with Crippen LogP contribution in [0.15, 0.2) is 24.3 Å². The second kappa shape index (κ2) is 7.64. The number of benzene rings is 1. The number of aromatic nitrogens is 3. The predicted octanol–water partition coefficient (Wildman–Crippen LogP) is 1.65. The summed E-state index contributed by atoms with van der Waals surface area (Å²) in [7, 11) is 2.15. The molecular weight excluding hydrogens is 349 g/mol. The molecule has 0 radical (unpaired) electrons. The molecule has 1 aromatic carbocycles. The number of nitrogens with zero attached hydrogens (tertiary/aromatic N) is 5. The first-order chi connectivity index (χ1) is 13.1. The van der Waals surface area contributed by atoms with Crippen molar-refractivity contribution in [2.45, 2.75) is 31.8 Å². The van der Waals surface area contributed by atoms with Crippen LogP contribution in [0.25, 0.3) is 0 Å². The number of piperidine rings is 1. The molecule has 27 heavy (non-hydrogen) atoms. The molecule has 0 atom stereocenters. The molecule has 0 unspecified atom stereocenters. The van der Waals surface area contributed by atoms with Crippen LogP contribution in [0.5, 0.6) is 5.75 Å². The Morgan fingerprint density at radius 2 is 1.89 bits per heavy atom. The smallest absolute Gasteiger partial charge is 0.260 e. The van der Waals surface area contributed by atoms with E-state index in [9.17, 15) is 9.18 Å². The second-order valence-electron chi connectivity index (χ2n) is 7.26. The Kier molecular flexibility index (Phi) is 5.07. The molecule has 144 valence electrons. The van der Waals surface area contributed by atoms with E-state index in [2.05, 4.69) is 26.7 Å². The van der Waals surface area contributed by atoms with E-state index in [1.54, 1.807) is 4.90 Å². The third kappa shape index (κ3) is 3.95. The van der Waals surface area contributed by atoms with Crippen LogP contribution >= 0.6 is 0 Å². The van der Waals surface area contributed by atoms with Crippen LogP contribution in [0.1, 0.15) is 30.4 Å². The van der Waals surface area contributed by atoms with Gasteiger partial charge in [-0.1, -0.05) is 0 Å². The van der Waals surface area contributed by atoms with E-state index in [-0.39, 0.29) is 18.3 Å². The lowest BCUT2D eigenvalue weighted by Crippen LogP contribution is -2.41. The van der Waals surface area contributed by atoms with E-state index in [1.807, 2.05) is 0 Å². The largest absolute Gasteiger partial charge is 0.484 e. The second-order valence-corrected chi connectivity index (χ2v) is 7.26. The Labute approximate surface area is 157 Å². The van der Waals surface area contributed by atoms with E-state index in [4.69, 9.17) is 4.74 Å². The number of fused-ring (bicyclic) bond motifs is 1. The average Bonchev–Trinajstić information content (AvgIpc) is 3.11. The van der Waals surface area contributed by atoms with Crippen molar-refractivity contribution in [3.05, 3.63) is 41.7 Å². The Morgan fingerprint density at radius 3 is 2.63 bits per heavy atom. The molecule has 7 nitrogen and oxygen atoms in total. The SMILES string of the molecule is CN1CCC(c2nnc3n2CCN(C(=O)COc2ccc(F)cc2)C3)CC1. The van der Waals surface area contributed by atoms with Gasteiger partial charge in [0, 0.05) is 19.0 Å². The average molecular weight is 373 g/mol. The molecule has 1 saturated heterocycles. The fourth-order valence-corrected chi connectivity index (χ4v) is 3.73. The summed E-state index contributed by atoms with van der Waals surface area (Å²) in [5.74, 6) is 2.40. The summed E-state index contributed by atoms with van der Waals surface area (Å²) in [6.07, 6.45) is 2.20. The summed E-state index contributed by atoms with van der Waals surface area (Å²) in [6, 6.07) is 5.66. The molecule has 0 N–H and O–H groups in total. The van der Waals surface area contributed by atoms with Crippen molar-refractivity contribution in [1.29, 1.82) is 0 Å². The summed E-state index contributed by atoms with van der Waals surface area (Å²) >= 11 is 0. The maximum absolute atomic E-state index is 12.9. The van der Waals surface area contributed by atoms with Crippen molar-refractivity contribution >= 4 is 5.91 Å². The minimum atomic E-state index is -0.329. The first kappa shape index (κ1) is 17.9. The van der Waals surface area contributed by atoms with Crippen LogP contribution < -0.4 is 4.74 Å². The van der Waals surface area contributed by atoms with Crippen molar-refractivity contribution in [2.75, 3.05) is 33.3 Å². The fourth-order valence-electron chi connectivity index (χ4n) is 3.73. The Morgan fingerprint density at radius 1 is 1.15 bits per heavy atom. The van der Waals surface area contributed by atoms with Crippen molar-refractivity contribution in [2.24, 2.45) is 0 Å². The van der Waals surface area contributed by atoms with E-state index < -0.39 is 0 Å². The number of likely N-dealkylation sites (tertiary alicyclic amines) is 1. The van der Waals surface area contributed by atoms with Crippen LogP contribution in [0.4, 0.5) is 4.39 Å². The van der Waals surface area contributed by atoms with E-state index in [0.717, 1.165) is 37.6 Å². The number of amides is 1. The standard InChI is InChI=1S/C19H24FN5O2/c1-23-8-6-14(7-9-23)19-22-21-17-12-24(10-11-25(17)19)18(26)13-27-16-4-2-15(20)3-5-16/h2-5,14H,6-13H2,1H3. The van der Waals surface area contributed by atoms with Crippen LogP contribution in [0.3, 0.4) is 0 Å². The van der Waals surface area contributed by atoms with Crippen molar-refractivity contribution in [3.8, 4) is 5.75 Å². The molecule has 0 saturated carbocycles. The van der Waals surface area contributed by atoms with Gasteiger partial charge in [0.2, 0.25) is 0 Å². The van der Waals surface area contributed by atoms with Gasteiger partial charge in [-0.3, -0.25) is 4.79 Å². The number of halogens is 1. The highest BCUT2D eigenvalue weighted by molar-refractivity contribution is 5.77. The monoisotopic (exact) mass is 373 g/mol. The molecule has 0 bridgehead atoms. The zero-order valence-electron chi connectivity index (χ0n) is 15.5.